The van der Waals surface area contributed by atoms with E-state index >= 15 is 0 Å². The lowest BCUT2D eigenvalue weighted by Gasteiger charge is -2.41. The fourth-order valence-corrected chi connectivity index (χ4v) is 6.42. The number of amides is 2. The highest BCUT2D eigenvalue weighted by Crippen LogP contribution is 2.30. The van der Waals surface area contributed by atoms with Gasteiger partial charge in [-0.15, -0.1) is 0 Å². The molecule has 8 atom stereocenters. The molecule has 9 nitrogen and oxygen atoms in total. The monoisotopic (exact) mass is 583 g/mol. The first kappa shape index (κ1) is 35.4. The number of Topliss-reactive ketones (excluding diaryl/α,β-unsaturated/α-hetero) is 2. The van der Waals surface area contributed by atoms with Gasteiger partial charge in [0.15, 0.2) is 5.78 Å². The summed E-state index contributed by atoms with van der Waals surface area (Å²) in [6, 6.07) is -0.951. The molecule has 0 unspecified atom stereocenters. The number of carbonyl (C=O) groups is 4. The number of rotatable bonds is 18. The molecule has 1 rings (SSSR count). The molecule has 1 aliphatic heterocycles. The molecule has 1 N–H and O–H groups in total. The minimum atomic E-state index is -0.555. The Morgan fingerprint density at radius 1 is 1.02 bits per heavy atom. The van der Waals surface area contributed by atoms with Crippen molar-refractivity contribution in [2.45, 2.75) is 118 Å². The van der Waals surface area contributed by atoms with Gasteiger partial charge in [0.2, 0.25) is 11.8 Å². The van der Waals surface area contributed by atoms with Gasteiger partial charge in [0.25, 0.3) is 0 Å². The molecule has 0 aromatic carbocycles. The first-order valence-corrected chi connectivity index (χ1v) is 15.4. The highest BCUT2D eigenvalue weighted by molar-refractivity contribution is 5.90. The van der Waals surface area contributed by atoms with Crippen LogP contribution < -0.4 is 5.32 Å². The van der Waals surface area contributed by atoms with Gasteiger partial charge in [-0.2, -0.15) is 0 Å². The standard InChI is InChI=1S/C32H59N3O6/c1-13-21(6)30(34(10)32(39)24(19(2)3)17-26(37)29(33-9)20(4)5)27(40-11)18-28(38)35-16-14-15-25(35)31(41-12)22(7)23(8)36/h19-22,24-25,27,29-31,33H,13-18H2,1-12H3/t21-,22-,24-,25-,27+,29-,30-,31+/m0/s1/i8T. The molecule has 0 aromatic heterocycles. The van der Waals surface area contributed by atoms with Gasteiger partial charge in [-0.25, -0.2) is 0 Å². The van der Waals surface area contributed by atoms with Crippen molar-refractivity contribution in [2.24, 2.45) is 29.6 Å². The van der Waals surface area contributed by atoms with Gasteiger partial charge >= 0.3 is 0 Å². The second-order valence-corrected chi connectivity index (χ2v) is 12.6. The molecule has 0 bridgehead atoms. The second-order valence-electron chi connectivity index (χ2n) is 12.6. The van der Waals surface area contributed by atoms with Crippen LogP contribution >= 0.6 is 0 Å². The van der Waals surface area contributed by atoms with E-state index in [2.05, 4.69) is 19.2 Å². The predicted octanol–water partition coefficient (Wildman–Crippen LogP) is 3.97. The number of hydrogen-bond acceptors (Lipinski definition) is 7. The van der Waals surface area contributed by atoms with Crippen LogP contribution in [-0.4, -0.2) is 98.4 Å². The van der Waals surface area contributed by atoms with Crippen molar-refractivity contribution in [3.05, 3.63) is 0 Å². The summed E-state index contributed by atoms with van der Waals surface area (Å²) in [5, 5.41) is 3.10. The minimum Gasteiger partial charge on any atom is -0.379 e. The van der Waals surface area contributed by atoms with E-state index in [0.29, 0.717) is 6.54 Å². The molecule has 41 heavy (non-hydrogen) atoms. The van der Waals surface area contributed by atoms with Gasteiger partial charge in [-0.05, 0) is 44.5 Å². The quantitative estimate of drug-likeness (QED) is 0.260. The Hall–Kier alpha value is -1.84. The predicted molar refractivity (Wildman–Crippen MR) is 162 cm³/mol. The second kappa shape index (κ2) is 17.3. The number of likely N-dealkylation sites (N-methyl/N-ethyl adjacent to an activating group) is 2. The molecule has 1 fully saturated rings. The van der Waals surface area contributed by atoms with E-state index in [9.17, 15) is 19.2 Å². The first-order valence-electron chi connectivity index (χ1n) is 16.1. The molecule has 0 saturated carbocycles. The van der Waals surface area contributed by atoms with Crippen LogP contribution in [0.5, 0.6) is 0 Å². The van der Waals surface area contributed by atoms with Crippen LogP contribution in [0.1, 0.15) is 88.8 Å². The van der Waals surface area contributed by atoms with E-state index < -0.39 is 24.0 Å². The number of ether oxygens (including phenoxy) is 2. The number of nitrogens with one attached hydrogen (secondary N) is 1. The van der Waals surface area contributed by atoms with Crippen molar-refractivity contribution in [1.29, 1.82) is 0 Å². The fourth-order valence-electron chi connectivity index (χ4n) is 6.42. The average molecular weight is 584 g/mol. The molecule has 0 radical (unpaired) electrons. The third-order valence-electron chi connectivity index (χ3n) is 9.22. The normalized spacial score (nSPS) is 21.1. The van der Waals surface area contributed by atoms with Gasteiger partial charge < -0.3 is 24.6 Å². The average Bonchev–Trinajstić information content (AvgIpc) is 3.44. The Bertz CT molecular complexity index is 884. The Morgan fingerprint density at radius 3 is 2.12 bits per heavy atom. The number of methoxy groups -OCH3 is 2. The minimum absolute atomic E-state index is 0.0254. The number of likely N-dealkylation sites (tertiary alicyclic amines) is 1. The van der Waals surface area contributed by atoms with E-state index in [4.69, 9.17) is 10.8 Å². The van der Waals surface area contributed by atoms with Gasteiger partial charge in [-0.3, -0.25) is 19.2 Å². The Balaban J connectivity index is 3.24. The van der Waals surface area contributed by atoms with Gasteiger partial charge in [0.05, 0.1) is 36.8 Å². The van der Waals surface area contributed by atoms with Crippen LogP contribution in [0.25, 0.3) is 0 Å². The van der Waals surface area contributed by atoms with Crippen LogP contribution in [0.3, 0.4) is 0 Å². The lowest BCUT2D eigenvalue weighted by molar-refractivity contribution is -0.149. The summed E-state index contributed by atoms with van der Waals surface area (Å²) in [6.45, 7) is 14.0. The van der Waals surface area contributed by atoms with Crippen molar-refractivity contribution in [2.75, 3.05) is 34.9 Å². The summed E-state index contributed by atoms with van der Waals surface area (Å²) in [5.74, 6) is -1.27. The smallest absolute Gasteiger partial charge is 0.226 e. The summed E-state index contributed by atoms with van der Waals surface area (Å²) >= 11 is 0. The van der Waals surface area contributed by atoms with Crippen LogP contribution in [0.2, 0.25) is 0 Å². The highest BCUT2D eigenvalue weighted by atomic mass is 16.5. The van der Waals surface area contributed by atoms with E-state index in [1.54, 1.807) is 45.0 Å². The molecule has 0 aliphatic carbocycles. The number of nitrogens with zero attached hydrogens (tertiary/aromatic N) is 2. The molecule has 9 heteroatoms. The molecule has 1 heterocycles. The maximum absolute atomic E-state index is 14.0. The van der Waals surface area contributed by atoms with Gasteiger partial charge in [0, 0.05) is 47.4 Å². The largest absolute Gasteiger partial charge is 0.379 e. The highest BCUT2D eigenvalue weighted by Gasteiger charge is 2.42. The van der Waals surface area contributed by atoms with Crippen molar-refractivity contribution >= 4 is 23.4 Å². The van der Waals surface area contributed by atoms with Crippen molar-refractivity contribution < 1.29 is 30.0 Å². The lowest BCUT2D eigenvalue weighted by Crippen LogP contribution is -2.54. The molecule has 0 spiro atoms. The lowest BCUT2D eigenvalue weighted by atomic mass is 9.84. The summed E-state index contributed by atoms with van der Waals surface area (Å²) < 4.78 is 19.1. The number of hydrogen-bond donors (Lipinski definition) is 1. The zero-order valence-electron chi connectivity index (χ0n) is 28.6. The summed E-state index contributed by atoms with van der Waals surface area (Å²) in [5.41, 5.74) is 0. The molecule has 238 valence electrons. The van der Waals surface area contributed by atoms with Crippen molar-refractivity contribution in [3.63, 3.8) is 0 Å². The molecular formula is C32H59N3O6. The third-order valence-corrected chi connectivity index (χ3v) is 9.22. The summed E-state index contributed by atoms with van der Waals surface area (Å²) in [7, 11) is 6.66. The maximum Gasteiger partial charge on any atom is 0.226 e. The first-order chi connectivity index (χ1) is 19.7. The topological polar surface area (TPSA) is 105 Å². The fraction of sp³-hybridized carbons (Fsp3) is 0.875. The van der Waals surface area contributed by atoms with Gasteiger partial charge in [0.1, 0.15) is 5.78 Å². The van der Waals surface area contributed by atoms with Crippen molar-refractivity contribution in [1.82, 2.24) is 15.1 Å². The third kappa shape index (κ3) is 9.58. The maximum atomic E-state index is 14.0. The molecule has 1 aliphatic rings. The van der Waals surface area contributed by atoms with Crippen LogP contribution in [0, 0.1) is 29.6 Å². The zero-order chi connectivity index (χ0) is 32.3. The Morgan fingerprint density at radius 2 is 1.66 bits per heavy atom. The van der Waals surface area contributed by atoms with E-state index in [1.165, 1.54) is 0 Å². The SMILES string of the molecule is [3H]CC(=O)[C@H](C)[C@@H](OC)[C@@H]1CCCN1C(=O)C[C@@H](OC)[C@H]([C@@H](C)CC)N(C)C(=O)[C@@H](CC(=O)[C@@H](NC)C(C)C)C(C)C. The van der Waals surface area contributed by atoms with Crippen LogP contribution in [0.4, 0.5) is 0 Å². The van der Waals surface area contributed by atoms with E-state index in [-0.39, 0.29) is 79.0 Å². The zero-order valence-corrected chi connectivity index (χ0v) is 27.6. The summed E-state index contributed by atoms with van der Waals surface area (Å²) in [6.07, 6.45) is 1.49. The van der Waals surface area contributed by atoms with Crippen molar-refractivity contribution in [3.8, 4) is 0 Å². The Labute approximate surface area is 250 Å². The summed E-state index contributed by atoms with van der Waals surface area (Å²) in [4.78, 5) is 56.8. The number of carbonyl (C=O) groups excluding carboxylic acids is 4. The molecular weight excluding hydrogens is 522 g/mol. The molecule has 1 saturated heterocycles. The Kier molecular flexibility index (Phi) is 14.9. The number of ketones is 2. The van der Waals surface area contributed by atoms with Crippen LogP contribution in [0.15, 0.2) is 0 Å². The van der Waals surface area contributed by atoms with Gasteiger partial charge in [-0.1, -0.05) is 54.9 Å². The molecule has 2 amide bonds. The van der Waals surface area contributed by atoms with Crippen LogP contribution in [-0.2, 0) is 28.7 Å². The van der Waals surface area contributed by atoms with E-state index in [1.807, 2.05) is 27.7 Å². The molecule has 0 aromatic rings. The van der Waals surface area contributed by atoms with E-state index in [0.717, 1.165) is 19.3 Å².